The molecule has 4 heteroatoms. The van der Waals surface area contributed by atoms with Crippen molar-refractivity contribution >= 4 is 61.9 Å². The van der Waals surface area contributed by atoms with Crippen LogP contribution in [0, 0.1) is 0 Å². The molecule has 0 spiro atoms. The minimum Gasteiger partial charge on any atom is -0.315 e. The van der Waals surface area contributed by atoms with Gasteiger partial charge in [-0.1, -0.05) is 201 Å². The van der Waals surface area contributed by atoms with Gasteiger partial charge >= 0.3 is 0 Å². The molecular weight excluding hydrogens is 921 g/mol. The molecule has 9 aromatic rings. The van der Waals surface area contributed by atoms with Gasteiger partial charge in [0.15, 0.2) is 0 Å². The van der Waals surface area contributed by atoms with Crippen LogP contribution in [0.25, 0.3) is 48.1 Å². The van der Waals surface area contributed by atoms with Gasteiger partial charge in [-0.3, -0.25) is 0 Å². The molecule has 0 amide bonds. The first kappa shape index (κ1) is 47.2. The summed E-state index contributed by atoms with van der Waals surface area (Å²) in [5, 5.41) is 0.394. The maximum absolute atomic E-state index is 4.65. The largest absolute Gasteiger partial charge is 0.315 e. The number of benzene rings is 8. The maximum atomic E-state index is 4.65. The van der Waals surface area contributed by atoms with E-state index in [0.29, 0.717) is 5.25 Å². The molecule has 0 saturated heterocycles. The third kappa shape index (κ3) is 10.7. The fourth-order valence-electron chi connectivity index (χ4n) is 9.84. The molecule has 73 heavy (non-hydrogen) atoms. The Morgan fingerprint density at radius 2 is 0.973 bits per heavy atom. The Morgan fingerprint density at radius 3 is 1.52 bits per heavy atom. The quantitative estimate of drug-likeness (QED) is 0.0945. The third-order valence-electron chi connectivity index (χ3n) is 13.7. The van der Waals surface area contributed by atoms with Crippen LogP contribution in [0.4, 0.5) is 22.7 Å². The molecule has 0 fully saturated rings. The molecule has 0 N–H and O–H groups in total. The number of hydrogen-bond acceptors (Lipinski definition) is 4. The first-order valence-electron chi connectivity index (χ1n) is 25.2. The number of nitrogens with zero attached hydrogens (tertiary/aromatic N) is 2. The van der Waals surface area contributed by atoms with E-state index in [1.807, 2.05) is 23.1 Å². The van der Waals surface area contributed by atoms with Gasteiger partial charge < -0.3 is 9.80 Å². The lowest BCUT2D eigenvalue weighted by atomic mass is 9.95. The van der Waals surface area contributed by atoms with Gasteiger partial charge in [0, 0.05) is 54.1 Å². The van der Waals surface area contributed by atoms with Crippen molar-refractivity contribution in [2.75, 3.05) is 9.80 Å². The number of rotatable bonds is 15. The maximum Gasteiger partial charge on any atom is 0.0462 e. The first-order valence-corrected chi connectivity index (χ1v) is 26.9. The predicted octanol–water partition coefficient (Wildman–Crippen LogP) is 20.2. The molecule has 2 heterocycles. The Morgan fingerprint density at radius 1 is 0.479 bits per heavy atom. The predicted molar refractivity (Wildman–Crippen MR) is 317 cm³/mol. The molecule has 0 saturated carbocycles. The van der Waals surface area contributed by atoms with Gasteiger partial charge in [0.2, 0.25) is 0 Å². The van der Waals surface area contributed by atoms with Gasteiger partial charge in [-0.2, -0.15) is 0 Å². The fraction of sp³-hybridized carbons (Fsp3) is 0.0725. The van der Waals surface area contributed by atoms with E-state index in [0.717, 1.165) is 64.4 Å². The topological polar surface area (TPSA) is 6.48 Å². The molecule has 8 aromatic carbocycles. The molecule has 1 aromatic heterocycles. The highest BCUT2D eigenvalue weighted by Gasteiger charge is 2.23. The summed E-state index contributed by atoms with van der Waals surface area (Å²) in [4.78, 5) is 8.59. The van der Waals surface area contributed by atoms with E-state index in [1.54, 1.807) is 0 Å². The van der Waals surface area contributed by atoms with Crippen LogP contribution >= 0.6 is 23.1 Å². The second kappa shape index (κ2) is 22.1. The zero-order valence-corrected chi connectivity index (χ0v) is 42.7. The summed E-state index contributed by atoms with van der Waals surface area (Å²) in [6, 6.07) is 83.4. The van der Waals surface area contributed by atoms with E-state index in [4.69, 9.17) is 0 Å². The van der Waals surface area contributed by atoms with Crippen molar-refractivity contribution in [1.82, 2.24) is 0 Å². The molecule has 1 atom stereocenters. The van der Waals surface area contributed by atoms with Gasteiger partial charge in [-0.15, -0.1) is 23.1 Å². The molecule has 354 valence electrons. The lowest BCUT2D eigenvalue weighted by Gasteiger charge is -2.30. The van der Waals surface area contributed by atoms with E-state index in [-0.39, 0.29) is 0 Å². The van der Waals surface area contributed by atoms with Crippen LogP contribution in [0.15, 0.2) is 285 Å². The Labute approximate surface area is 439 Å². The van der Waals surface area contributed by atoms with Crippen LogP contribution in [-0.4, -0.2) is 0 Å². The van der Waals surface area contributed by atoms with Crippen molar-refractivity contribution in [2.45, 2.75) is 31.4 Å². The van der Waals surface area contributed by atoms with E-state index in [9.17, 15) is 0 Å². The third-order valence-corrected chi connectivity index (χ3v) is 16.3. The van der Waals surface area contributed by atoms with Gasteiger partial charge in [0.25, 0.3) is 0 Å². The molecule has 0 radical (unpaired) electrons. The average molecular weight is 977 g/mol. The van der Waals surface area contributed by atoms with Crippen LogP contribution in [-0.2, 0) is 0 Å². The minimum atomic E-state index is 0.394. The molecular formula is C69H56N2S2. The van der Waals surface area contributed by atoms with Crippen LogP contribution in [0.5, 0.6) is 0 Å². The van der Waals surface area contributed by atoms with Crippen molar-refractivity contribution < 1.29 is 0 Å². The highest BCUT2D eigenvalue weighted by atomic mass is 32.2. The van der Waals surface area contributed by atoms with Crippen molar-refractivity contribution in [3.8, 4) is 32.0 Å². The molecule has 2 aliphatic rings. The Hall–Kier alpha value is -8.15. The second-order valence-electron chi connectivity index (χ2n) is 18.4. The zero-order chi connectivity index (χ0) is 49.3. The molecule has 2 nitrogen and oxygen atoms in total. The number of thiophene rings is 1. The van der Waals surface area contributed by atoms with E-state index in [2.05, 4.69) is 290 Å². The summed E-state index contributed by atoms with van der Waals surface area (Å²) in [6.45, 7) is 6.75. The van der Waals surface area contributed by atoms with Crippen LogP contribution in [0.3, 0.4) is 0 Å². The molecule has 0 unspecified atom stereocenters. The Balaban J connectivity index is 0.875. The summed E-state index contributed by atoms with van der Waals surface area (Å²) in [5.74, 6) is 0. The van der Waals surface area contributed by atoms with Crippen molar-refractivity contribution in [3.05, 3.63) is 307 Å². The summed E-state index contributed by atoms with van der Waals surface area (Å²) in [7, 11) is 0. The van der Waals surface area contributed by atoms with Crippen LogP contribution in [0.2, 0.25) is 0 Å². The number of thioether (sulfide) groups is 1. The van der Waals surface area contributed by atoms with Crippen LogP contribution < -0.4 is 9.80 Å². The molecule has 0 bridgehead atoms. The van der Waals surface area contributed by atoms with Crippen LogP contribution in [0.1, 0.15) is 53.7 Å². The fourth-order valence-corrected chi connectivity index (χ4v) is 12.1. The lowest BCUT2D eigenvalue weighted by molar-refractivity contribution is 0.914. The number of hydrogen-bond donors (Lipinski definition) is 0. The Kier molecular flexibility index (Phi) is 14.3. The summed E-state index contributed by atoms with van der Waals surface area (Å²) < 4.78 is 0. The summed E-state index contributed by atoms with van der Waals surface area (Å²) in [5.41, 5.74) is 18.9. The van der Waals surface area contributed by atoms with Crippen molar-refractivity contribution in [2.24, 2.45) is 0 Å². The normalized spacial score (nSPS) is 14.6. The lowest BCUT2D eigenvalue weighted by Crippen LogP contribution is -2.21. The molecule has 1 aliphatic carbocycles. The monoisotopic (exact) mass is 976 g/mol. The smallest absolute Gasteiger partial charge is 0.0462 e. The summed E-state index contributed by atoms with van der Waals surface area (Å²) >= 11 is 3.80. The van der Waals surface area contributed by atoms with E-state index >= 15 is 0 Å². The van der Waals surface area contributed by atoms with E-state index < -0.39 is 0 Å². The van der Waals surface area contributed by atoms with Crippen molar-refractivity contribution in [1.29, 1.82) is 0 Å². The number of anilines is 4. The highest BCUT2D eigenvalue weighted by Crippen LogP contribution is 2.49. The minimum absolute atomic E-state index is 0.394. The second-order valence-corrected chi connectivity index (χ2v) is 20.7. The Bertz CT molecular complexity index is 3470. The summed E-state index contributed by atoms with van der Waals surface area (Å²) in [6.07, 6.45) is 16.3. The first-order chi connectivity index (χ1) is 36.0. The number of allylic oxidation sites excluding steroid dienone is 9. The average Bonchev–Trinajstić information content (AvgIpc) is 4.18. The standard InChI is InChI=1S/C69H56N2S2/c1-3-51(52-16-8-4-9-17-52)25-24-50(2)70(61-36-26-54(27-37-61)53-18-10-5-11-19-53)62-38-28-55(29-39-62)56-30-40-63(41-31-56)71(64-42-32-59(33-43-64)68-48-46-66(72-68)57-20-12-6-13-21-57)65-44-34-60(35-45-65)69-49-47-67(73-69)58-22-14-7-15-23-58/h3-26,28-36,38-48,69H,2,27,37,49H2,1H3/b25-24-,51-3+/t69-/m1/s1. The molecule has 1 aliphatic heterocycles. The van der Waals surface area contributed by atoms with Gasteiger partial charge in [-0.05, 0) is 155 Å². The van der Waals surface area contributed by atoms with Gasteiger partial charge in [0.1, 0.15) is 0 Å². The van der Waals surface area contributed by atoms with Gasteiger partial charge in [-0.25, -0.2) is 0 Å². The SMILES string of the molecule is C=C(/C=C\C(=C/C)c1ccccc1)N(C1=CC=C(c2ccccc2)CC1)c1ccc(-c2ccc(N(c3ccc(-c4ccc(-c5ccccc5)s4)cc3)c3ccc([C@H]4CC=C(c5ccccc5)S4)cc3)cc2)cc1. The van der Waals surface area contributed by atoms with Gasteiger partial charge in [0.05, 0.1) is 0 Å². The highest BCUT2D eigenvalue weighted by molar-refractivity contribution is 8.08. The van der Waals surface area contributed by atoms with Crippen molar-refractivity contribution in [3.63, 3.8) is 0 Å². The van der Waals surface area contributed by atoms with E-state index in [1.165, 1.54) is 59.3 Å². The zero-order valence-electron chi connectivity index (χ0n) is 41.0. The molecule has 11 rings (SSSR count).